The monoisotopic (exact) mass is 528 g/mol. The summed E-state index contributed by atoms with van der Waals surface area (Å²) in [6.07, 6.45) is 5.17. The van der Waals surface area contributed by atoms with Gasteiger partial charge in [-0.25, -0.2) is 4.68 Å². The van der Waals surface area contributed by atoms with Gasteiger partial charge in [0.25, 0.3) is 11.8 Å². The van der Waals surface area contributed by atoms with E-state index in [0.717, 1.165) is 34.7 Å². The van der Waals surface area contributed by atoms with Crippen molar-refractivity contribution in [1.29, 1.82) is 0 Å². The van der Waals surface area contributed by atoms with Crippen molar-refractivity contribution in [3.63, 3.8) is 0 Å². The van der Waals surface area contributed by atoms with Gasteiger partial charge in [-0.15, -0.1) is 0 Å². The van der Waals surface area contributed by atoms with Gasteiger partial charge in [-0.05, 0) is 54.8 Å². The third-order valence-electron chi connectivity index (χ3n) is 7.00. The largest absolute Gasteiger partial charge is 0.497 e. The first-order valence-corrected chi connectivity index (χ1v) is 13.3. The van der Waals surface area contributed by atoms with Gasteiger partial charge in [-0.1, -0.05) is 44.7 Å². The quantitative estimate of drug-likeness (QED) is 0.377. The first kappa shape index (κ1) is 27.7. The van der Waals surface area contributed by atoms with Crippen molar-refractivity contribution in [2.24, 2.45) is 0 Å². The summed E-state index contributed by atoms with van der Waals surface area (Å²) in [6, 6.07) is 15.1. The maximum absolute atomic E-state index is 13.5. The maximum atomic E-state index is 13.5. The average Bonchev–Trinajstić information content (AvgIpc) is 3.43. The van der Waals surface area contributed by atoms with Gasteiger partial charge in [0.1, 0.15) is 11.5 Å². The first-order valence-electron chi connectivity index (χ1n) is 13.3. The lowest BCUT2D eigenvalue weighted by atomic mass is 10.1. The topological polar surface area (TPSA) is 76.9 Å². The van der Waals surface area contributed by atoms with Crippen LogP contribution in [-0.4, -0.2) is 71.8 Å². The molecule has 0 aliphatic carbocycles. The summed E-state index contributed by atoms with van der Waals surface area (Å²) in [5, 5.41) is 4.74. The van der Waals surface area contributed by atoms with Crippen molar-refractivity contribution in [3.8, 4) is 11.5 Å². The number of carbonyl (C=O) groups excluding carboxylic acids is 2. The maximum Gasteiger partial charge on any atom is 0.274 e. The normalized spacial score (nSPS) is 13.8. The van der Waals surface area contributed by atoms with Crippen molar-refractivity contribution in [3.05, 3.63) is 95.3 Å². The van der Waals surface area contributed by atoms with E-state index in [4.69, 9.17) is 14.6 Å². The number of piperazine rings is 1. The lowest BCUT2D eigenvalue weighted by Crippen LogP contribution is -2.50. The molecular weight excluding hydrogens is 492 g/mol. The predicted octanol–water partition coefficient (Wildman–Crippen LogP) is 4.70. The van der Waals surface area contributed by atoms with E-state index in [0.29, 0.717) is 49.6 Å². The standard InChI is InChI=1S/C31H36N4O4/c1-6-10-28(23-14-13-22(7-2)29(20-23)39-5)35-25(8-3)21-27(32-35)31(37)34-17-15-33(16-18-34)30(36)24-11-9-12-26(19-24)38-4/h6,9-14,19-21H,1,7-8,15-18H2,2-5H3/b28-10-. The molecule has 2 heterocycles. The second-order valence-electron chi connectivity index (χ2n) is 9.27. The molecule has 39 heavy (non-hydrogen) atoms. The molecule has 0 spiro atoms. The van der Waals surface area contributed by atoms with E-state index >= 15 is 0 Å². The van der Waals surface area contributed by atoms with Crippen LogP contribution in [0.3, 0.4) is 0 Å². The third-order valence-corrected chi connectivity index (χ3v) is 7.00. The zero-order chi connectivity index (χ0) is 27.9. The van der Waals surface area contributed by atoms with E-state index in [1.807, 2.05) is 41.9 Å². The van der Waals surface area contributed by atoms with Gasteiger partial charge in [-0.3, -0.25) is 9.59 Å². The molecule has 204 valence electrons. The van der Waals surface area contributed by atoms with Crippen LogP contribution in [0.25, 0.3) is 5.70 Å². The smallest absolute Gasteiger partial charge is 0.274 e. The molecule has 0 unspecified atom stereocenters. The molecule has 0 bridgehead atoms. The average molecular weight is 529 g/mol. The van der Waals surface area contributed by atoms with E-state index in [1.54, 1.807) is 48.3 Å². The summed E-state index contributed by atoms with van der Waals surface area (Å²) in [5.41, 5.74) is 4.73. The molecule has 1 aliphatic rings. The number of rotatable bonds is 9. The van der Waals surface area contributed by atoms with Gasteiger partial charge in [0.05, 0.1) is 19.9 Å². The van der Waals surface area contributed by atoms with Gasteiger partial charge < -0.3 is 19.3 Å². The fraction of sp³-hybridized carbons (Fsp3) is 0.323. The lowest BCUT2D eigenvalue weighted by Gasteiger charge is -2.34. The van der Waals surface area contributed by atoms with Crippen LogP contribution < -0.4 is 9.47 Å². The summed E-state index contributed by atoms with van der Waals surface area (Å²) in [6.45, 7) is 9.80. The minimum Gasteiger partial charge on any atom is -0.497 e. The molecule has 8 nitrogen and oxygen atoms in total. The number of hydrogen-bond acceptors (Lipinski definition) is 5. The van der Waals surface area contributed by atoms with Crippen molar-refractivity contribution < 1.29 is 19.1 Å². The summed E-state index contributed by atoms with van der Waals surface area (Å²) < 4.78 is 12.7. The highest BCUT2D eigenvalue weighted by Gasteiger charge is 2.28. The van der Waals surface area contributed by atoms with Gasteiger partial charge in [-0.2, -0.15) is 5.10 Å². The van der Waals surface area contributed by atoms with Gasteiger partial charge in [0.2, 0.25) is 0 Å². The number of ether oxygens (including phenoxy) is 2. The SMILES string of the molecule is C=C/C=C(/c1ccc(CC)c(OC)c1)n1nc(C(=O)N2CCN(C(=O)c3cccc(OC)c3)CC2)cc1CC. The Labute approximate surface area is 230 Å². The fourth-order valence-corrected chi connectivity index (χ4v) is 4.79. The summed E-state index contributed by atoms with van der Waals surface area (Å²) in [7, 11) is 3.25. The van der Waals surface area contributed by atoms with E-state index in [-0.39, 0.29) is 11.8 Å². The van der Waals surface area contributed by atoms with Crippen molar-refractivity contribution in [1.82, 2.24) is 19.6 Å². The highest BCUT2D eigenvalue weighted by atomic mass is 16.5. The number of aryl methyl sites for hydroxylation is 2. The molecule has 1 aliphatic heterocycles. The summed E-state index contributed by atoms with van der Waals surface area (Å²) >= 11 is 0. The van der Waals surface area contributed by atoms with Crippen LogP contribution >= 0.6 is 0 Å². The summed E-state index contributed by atoms with van der Waals surface area (Å²) in [4.78, 5) is 30.0. The Morgan fingerprint density at radius 3 is 2.23 bits per heavy atom. The van der Waals surface area contributed by atoms with Gasteiger partial charge >= 0.3 is 0 Å². The number of hydrogen-bond donors (Lipinski definition) is 0. The van der Waals surface area contributed by atoms with Crippen LogP contribution in [0, 0.1) is 0 Å². The van der Waals surface area contributed by atoms with Crippen LogP contribution in [0.4, 0.5) is 0 Å². The molecule has 0 radical (unpaired) electrons. The first-order chi connectivity index (χ1) is 18.9. The number of benzene rings is 2. The number of aromatic nitrogens is 2. The zero-order valence-electron chi connectivity index (χ0n) is 23.1. The van der Waals surface area contributed by atoms with Crippen LogP contribution in [0.5, 0.6) is 11.5 Å². The molecule has 0 atom stereocenters. The van der Waals surface area contributed by atoms with E-state index in [9.17, 15) is 9.59 Å². The minimum absolute atomic E-state index is 0.0673. The van der Waals surface area contributed by atoms with Crippen LogP contribution in [0.1, 0.15) is 51.5 Å². The van der Waals surface area contributed by atoms with Crippen LogP contribution in [-0.2, 0) is 12.8 Å². The molecule has 1 saturated heterocycles. The molecule has 1 aromatic heterocycles. The van der Waals surface area contributed by atoms with E-state index < -0.39 is 0 Å². The Balaban J connectivity index is 1.53. The van der Waals surface area contributed by atoms with Crippen molar-refractivity contribution in [2.75, 3.05) is 40.4 Å². The lowest BCUT2D eigenvalue weighted by molar-refractivity contribution is 0.0532. The highest BCUT2D eigenvalue weighted by molar-refractivity contribution is 5.95. The Morgan fingerprint density at radius 1 is 0.897 bits per heavy atom. The molecule has 3 aromatic rings. The molecule has 2 amide bonds. The van der Waals surface area contributed by atoms with Gasteiger partial charge in [0.15, 0.2) is 5.69 Å². The molecule has 0 saturated carbocycles. The van der Waals surface area contributed by atoms with Crippen molar-refractivity contribution in [2.45, 2.75) is 26.7 Å². The zero-order valence-corrected chi connectivity index (χ0v) is 23.1. The Hall–Kier alpha value is -4.33. The number of nitrogens with zero attached hydrogens (tertiary/aromatic N) is 4. The fourth-order valence-electron chi connectivity index (χ4n) is 4.79. The molecule has 2 aromatic carbocycles. The number of amides is 2. The summed E-state index contributed by atoms with van der Waals surface area (Å²) in [5.74, 6) is 1.24. The van der Waals surface area contributed by atoms with Crippen LogP contribution in [0.2, 0.25) is 0 Å². The van der Waals surface area contributed by atoms with E-state index in [1.165, 1.54) is 0 Å². The second kappa shape index (κ2) is 12.5. The number of allylic oxidation sites excluding steroid dienone is 2. The predicted molar refractivity (Wildman–Crippen MR) is 152 cm³/mol. The molecular formula is C31H36N4O4. The molecule has 1 fully saturated rings. The number of carbonyl (C=O) groups is 2. The highest BCUT2D eigenvalue weighted by Crippen LogP contribution is 2.27. The molecule has 0 N–H and O–H groups in total. The molecule has 4 rings (SSSR count). The third kappa shape index (κ3) is 5.90. The van der Waals surface area contributed by atoms with Gasteiger partial charge in [0, 0.05) is 43.0 Å². The molecule has 8 heteroatoms. The van der Waals surface area contributed by atoms with E-state index in [2.05, 4.69) is 19.6 Å². The van der Waals surface area contributed by atoms with Crippen molar-refractivity contribution >= 4 is 17.5 Å². The van der Waals surface area contributed by atoms with Crippen LogP contribution in [0.15, 0.2) is 67.3 Å². The Kier molecular flexibility index (Phi) is 8.86. The Bertz CT molecular complexity index is 1380. The second-order valence-corrected chi connectivity index (χ2v) is 9.27. The Morgan fingerprint density at radius 2 is 1.62 bits per heavy atom. The number of methoxy groups -OCH3 is 2. The minimum atomic E-state index is -0.145.